The van der Waals surface area contributed by atoms with Gasteiger partial charge >= 0.3 is 5.97 Å². The number of hydrogen-bond donors (Lipinski definition) is 1. The zero-order valence-corrected chi connectivity index (χ0v) is 10.8. The van der Waals surface area contributed by atoms with Crippen LogP contribution >= 0.6 is 11.8 Å². The Kier molecular flexibility index (Phi) is 4.87. The van der Waals surface area contributed by atoms with Crippen LogP contribution in [0.5, 0.6) is 0 Å². The zero-order chi connectivity index (χ0) is 12.1. The maximum Gasteiger partial charge on any atom is 0.335 e. The molecule has 1 unspecified atom stereocenters. The van der Waals surface area contributed by atoms with E-state index in [2.05, 4.69) is 20.8 Å². The second-order valence-electron chi connectivity index (χ2n) is 4.22. The summed E-state index contributed by atoms with van der Waals surface area (Å²) < 4.78 is 0. The van der Waals surface area contributed by atoms with Gasteiger partial charge in [0.1, 0.15) is 0 Å². The van der Waals surface area contributed by atoms with Crippen molar-refractivity contribution >= 4 is 17.7 Å². The van der Waals surface area contributed by atoms with E-state index in [0.29, 0.717) is 16.7 Å². The van der Waals surface area contributed by atoms with Gasteiger partial charge in [-0.05, 0) is 17.5 Å². The van der Waals surface area contributed by atoms with Gasteiger partial charge in [-0.3, -0.25) is 0 Å². The van der Waals surface area contributed by atoms with E-state index >= 15 is 0 Å². The lowest BCUT2D eigenvalue weighted by atomic mass is 10.1. The van der Waals surface area contributed by atoms with E-state index in [0.717, 1.165) is 11.3 Å². The molecule has 0 amide bonds. The minimum Gasteiger partial charge on any atom is -0.478 e. The van der Waals surface area contributed by atoms with Crippen molar-refractivity contribution < 1.29 is 9.90 Å². The molecular weight excluding hydrogens is 220 g/mol. The summed E-state index contributed by atoms with van der Waals surface area (Å²) in [6.07, 6.45) is 0. The summed E-state index contributed by atoms with van der Waals surface area (Å²) in [6, 6.07) is 7.22. The number of hydrogen-bond acceptors (Lipinski definition) is 2. The Bertz CT molecular complexity index is 361. The van der Waals surface area contributed by atoms with Crippen molar-refractivity contribution in [3.05, 3.63) is 35.4 Å². The van der Waals surface area contributed by atoms with Crippen LogP contribution in [-0.2, 0) is 5.75 Å². The van der Waals surface area contributed by atoms with Crippen LogP contribution in [0.3, 0.4) is 0 Å². The second kappa shape index (κ2) is 5.94. The Morgan fingerprint density at radius 1 is 1.31 bits per heavy atom. The normalized spacial score (nSPS) is 12.8. The van der Waals surface area contributed by atoms with E-state index in [4.69, 9.17) is 5.11 Å². The smallest absolute Gasteiger partial charge is 0.335 e. The van der Waals surface area contributed by atoms with Crippen LogP contribution in [0.1, 0.15) is 36.7 Å². The number of rotatable bonds is 5. The van der Waals surface area contributed by atoms with Gasteiger partial charge in [-0.25, -0.2) is 4.79 Å². The summed E-state index contributed by atoms with van der Waals surface area (Å²) in [5.41, 5.74) is 1.33. The summed E-state index contributed by atoms with van der Waals surface area (Å²) in [4.78, 5) is 11.0. The van der Waals surface area contributed by atoms with Gasteiger partial charge in [-0.15, -0.1) is 0 Å². The monoisotopic (exact) mass is 238 g/mol. The highest BCUT2D eigenvalue weighted by molar-refractivity contribution is 7.99. The van der Waals surface area contributed by atoms with Crippen LogP contribution in [-0.4, -0.2) is 16.3 Å². The quantitative estimate of drug-likeness (QED) is 0.850. The van der Waals surface area contributed by atoms with Crippen LogP contribution < -0.4 is 0 Å². The Morgan fingerprint density at radius 3 is 2.50 bits per heavy atom. The first kappa shape index (κ1) is 13.1. The van der Waals surface area contributed by atoms with E-state index < -0.39 is 5.97 Å². The zero-order valence-electron chi connectivity index (χ0n) is 9.93. The molecule has 0 fully saturated rings. The van der Waals surface area contributed by atoms with Crippen molar-refractivity contribution in [3.8, 4) is 0 Å². The fourth-order valence-electron chi connectivity index (χ4n) is 1.27. The molecule has 0 saturated heterocycles. The second-order valence-corrected chi connectivity index (χ2v) is 5.59. The van der Waals surface area contributed by atoms with Crippen molar-refractivity contribution in [1.29, 1.82) is 0 Å². The first-order valence-corrected chi connectivity index (χ1v) is 6.50. The number of carboxylic acids is 1. The summed E-state index contributed by atoms with van der Waals surface area (Å²) in [5, 5.41) is 9.57. The maximum absolute atomic E-state index is 11.0. The fourth-order valence-corrected chi connectivity index (χ4v) is 2.35. The third kappa shape index (κ3) is 3.56. The Morgan fingerprint density at radius 2 is 1.94 bits per heavy atom. The van der Waals surface area contributed by atoms with Crippen LogP contribution in [0.2, 0.25) is 0 Å². The molecule has 0 aliphatic rings. The van der Waals surface area contributed by atoms with Crippen LogP contribution in [0.25, 0.3) is 0 Å². The van der Waals surface area contributed by atoms with Gasteiger partial charge in [0.2, 0.25) is 0 Å². The summed E-state index contributed by atoms with van der Waals surface area (Å²) in [7, 11) is 0. The average molecular weight is 238 g/mol. The fraction of sp³-hybridized carbons (Fsp3) is 0.462. The van der Waals surface area contributed by atoms with Gasteiger partial charge in [0.25, 0.3) is 0 Å². The van der Waals surface area contributed by atoms with Gasteiger partial charge in [-0.1, -0.05) is 39.0 Å². The molecule has 0 spiro atoms. The molecule has 88 valence electrons. The topological polar surface area (TPSA) is 37.3 Å². The number of thioether (sulfide) groups is 1. The molecule has 16 heavy (non-hydrogen) atoms. The molecule has 1 atom stereocenters. The van der Waals surface area contributed by atoms with Gasteiger partial charge in [0.15, 0.2) is 0 Å². The van der Waals surface area contributed by atoms with E-state index in [9.17, 15) is 4.79 Å². The number of carbonyl (C=O) groups is 1. The molecule has 1 N–H and O–H groups in total. The molecule has 2 nitrogen and oxygen atoms in total. The van der Waals surface area contributed by atoms with Crippen molar-refractivity contribution in [1.82, 2.24) is 0 Å². The first-order valence-electron chi connectivity index (χ1n) is 5.45. The Balaban J connectivity index is 2.70. The van der Waals surface area contributed by atoms with Crippen molar-refractivity contribution in [2.45, 2.75) is 31.8 Å². The van der Waals surface area contributed by atoms with Gasteiger partial charge in [-0.2, -0.15) is 11.8 Å². The van der Waals surface area contributed by atoms with Crippen molar-refractivity contribution in [3.63, 3.8) is 0 Å². The third-order valence-electron chi connectivity index (χ3n) is 2.69. The van der Waals surface area contributed by atoms with Crippen LogP contribution in [0.4, 0.5) is 0 Å². The molecule has 1 rings (SSSR count). The number of aromatic carboxylic acids is 1. The molecule has 0 aromatic heterocycles. The van der Waals surface area contributed by atoms with Gasteiger partial charge < -0.3 is 5.11 Å². The molecule has 0 radical (unpaired) electrons. The lowest BCUT2D eigenvalue weighted by Gasteiger charge is -2.15. The molecule has 0 heterocycles. The lowest BCUT2D eigenvalue weighted by molar-refractivity contribution is 0.0696. The minimum atomic E-state index is -0.839. The van der Waals surface area contributed by atoms with Gasteiger partial charge in [0.05, 0.1) is 5.56 Å². The predicted molar refractivity (Wildman–Crippen MR) is 69.0 cm³/mol. The highest BCUT2D eigenvalue weighted by Gasteiger charge is 2.12. The highest BCUT2D eigenvalue weighted by Crippen LogP contribution is 2.24. The summed E-state index contributed by atoms with van der Waals surface area (Å²) >= 11 is 1.81. The van der Waals surface area contributed by atoms with E-state index in [1.54, 1.807) is 23.9 Å². The van der Waals surface area contributed by atoms with Gasteiger partial charge in [0, 0.05) is 11.0 Å². The van der Waals surface area contributed by atoms with Crippen LogP contribution in [0, 0.1) is 5.92 Å². The molecule has 0 aliphatic heterocycles. The standard InChI is InChI=1S/C13H18O2S/c1-9(2)10(3)16-8-11-6-4-5-7-12(11)13(14)15/h4-7,9-10H,8H2,1-3H3,(H,14,15). The van der Waals surface area contributed by atoms with E-state index in [1.807, 2.05) is 12.1 Å². The maximum atomic E-state index is 11.0. The lowest BCUT2D eigenvalue weighted by Crippen LogP contribution is -2.07. The number of carboxylic acid groups (broad SMARTS) is 1. The molecular formula is C13H18O2S. The van der Waals surface area contributed by atoms with E-state index in [-0.39, 0.29) is 0 Å². The predicted octanol–water partition coefficient (Wildman–Crippen LogP) is 3.66. The molecule has 0 bridgehead atoms. The molecule has 1 aromatic rings. The number of benzene rings is 1. The molecule has 0 saturated carbocycles. The minimum absolute atomic E-state index is 0.422. The Hall–Kier alpha value is -0.960. The third-order valence-corrected chi connectivity index (χ3v) is 4.24. The molecule has 3 heteroatoms. The Labute approximate surface area is 101 Å². The average Bonchev–Trinajstić information content (AvgIpc) is 2.25. The largest absolute Gasteiger partial charge is 0.478 e. The van der Waals surface area contributed by atoms with E-state index in [1.165, 1.54) is 0 Å². The SMILES string of the molecule is CC(C)C(C)SCc1ccccc1C(=O)O. The first-order chi connectivity index (χ1) is 7.52. The summed E-state index contributed by atoms with van der Waals surface area (Å²) in [6.45, 7) is 6.54. The molecule has 1 aromatic carbocycles. The molecule has 0 aliphatic carbocycles. The summed E-state index contributed by atoms with van der Waals surface area (Å²) in [5.74, 6) is 0.539. The van der Waals surface area contributed by atoms with Crippen molar-refractivity contribution in [2.24, 2.45) is 5.92 Å². The highest BCUT2D eigenvalue weighted by atomic mass is 32.2. The van der Waals surface area contributed by atoms with Crippen LogP contribution in [0.15, 0.2) is 24.3 Å². The van der Waals surface area contributed by atoms with Crippen molar-refractivity contribution in [2.75, 3.05) is 0 Å².